The van der Waals surface area contributed by atoms with E-state index in [1.165, 1.54) is 28.7 Å². The summed E-state index contributed by atoms with van der Waals surface area (Å²) in [5.74, 6) is -0.831. The minimum atomic E-state index is -0.661. The summed E-state index contributed by atoms with van der Waals surface area (Å²) in [4.78, 5) is 46.9. The van der Waals surface area contributed by atoms with Crippen LogP contribution in [0, 0.1) is 11.3 Å². The Kier molecular flexibility index (Phi) is 11.4. The van der Waals surface area contributed by atoms with Gasteiger partial charge in [-0.15, -0.1) is 23.1 Å². The quantitative estimate of drug-likeness (QED) is 0.0898. The summed E-state index contributed by atoms with van der Waals surface area (Å²) in [5, 5.41) is 18.9. The van der Waals surface area contributed by atoms with Crippen LogP contribution >= 0.6 is 23.1 Å². The van der Waals surface area contributed by atoms with Crippen LogP contribution < -0.4 is 16.0 Å². The first-order chi connectivity index (χ1) is 26.4. The van der Waals surface area contributed by atoms with Gasteiger partial charge < -0.3 is 16.0 Å². The van der Waals surface area contributed by atoms with Crippen LogP contribution in [0.4, 0.5) is 10.7 Å². The first-order valence-electron chi connectivity index (χ1n) is 17.5. The normalized spacial score (nSPS) is 14.2. The molecule has 2 aromatic heterocycles. The summed E-state index contributed by atoms with van der Waals surface area (Å²) in [5.41, 5.74) is 5.24. The van der Waals surface area contributed by atoms with E-state index in [0.717, 1.165) is 40.2 Å². The van der Waals surface area contributed by atoms with E-state index >= 15 is 0 Å². The fourth-order valence-electron chi connectivity index (χ4n) is 6.43. The van der Waals surface area contributed by atoms with Crippen molar-refractivity contribution in [3.05, 3.63) is 184 Å². The zero-order valence-electron chi connectivity index (χ0n) is 29.1. The number of aromatic nitrogens is 1. The van der Waals surface area contributed by atoms with Crippen LogP contribution in [0.5, 0.6) is 0 Å². The lowest BCUT2D eigenvalue weighted by Gasteiger charge is -2.22. The number of anilines is 2. The Morgan fingerprint density at radius 3 is 2.33 bits per heavy atom. The molecular weight excluding hydrogens is 711 g/mol. The molecule has 0 radical (unpaired) electrons. The molecule has 266 valence electrons. The summed E-state index contributed by atoms with van der Waals surface area (Å²) in [6.45, 7) is 0. The first-order valence-corrected chi connectivity index (χ1v) is 19.2. The van der Waals surface area contributed by atoms with E-state index in [0.29, 0.717) is 33.3 Å². The Labute approximate surface area is 322 Å². The lowest BCUT2D eigenvalue weighted by molar-refractivity contribution is -0.116. The van der Waals surface area contributed by atoms with Gasteiger partial charge in [-0.05, 0) is 89.9 Å². The molecule has 2 heterocycles. The van der Waals surface area contributed by atoms with Crippen LogP contribution in [0.3, 0.4) is 0 Å². The molecule has 4 aromatic carbocycles. The van der Waals surface area contributed by atoms with Crippen LogP contribution in [0.1, 0.15) is 60.6 Å². The summed E-state index contributed by atoms with van der Waals surface area (Å²) in [6, 6.07) is 41.7. The van der Waals surface area contributed by atoms with Crippen LogP contribution in [0.2, 0.25) is 0 Å². The zero-order chi connectivity index (χ0) is 37.3. The number of carbonyl (C=O) groups is 3. The molecule has 54 heavy (non-hydrogen) atoms. The third-order valence-electron chi connectivity index (χ3n) is 9.10. The number of pyridine rings is 1. The van der Waals surface area contributed by atoms with E-state index < -0.39 is 17.1 Å². The molecule has 0 aliphatic heterocycles. The molecule has 2 atom stereocenters. The summed E-state index contributed by atoms with van der Waals surface area (Å²) < 4.78 is 0. The van der Waals surface area contributed by atoms with Gasteiger partial charge in [-0.2, -0.15) is 5.26 Å². The van der Waals surface area contributed by atoms with Gasteiger partial charge >= 0.3 is 0 Å². The molecule has 0 saturated heterocycles. The highest BCUT2D eigenvalue weighted by Gasteiger charge is 2.29. The molecule has 3 amide bonds. The highest BCUT2D eigenvalue weighted by Crippen LogP contribution is 2.44. The Bertz CT molecular complexity index is 2340. The number of rotatable bonds is 11. The van der Waals surface area contributed by atoms with E-state index in [2.05, 4.69) is 51.3 Å². The Hall–Kier alpha value is -6.28. The van der Waals surface area contributed by atoms with Crippen LogP contribution in [0.25, 0.3) is 6.08 Å². The van der Waals surface area contributed by atoms with Gasteiger partial charge in [0.15, 0.2) is 0 Å². The fourth-order valence-corrected chi connectivity index (χ4v) is 8.80. The Balaban J connectivity index is 1.10. The van der Waals surface area contributed by atoms with E-state index in [1.54, 1.807) is 73.1 Å². The largest absolute Gasteiger partial charge is 0.321 e. The molecule has 0 spiro atoms. The summed E-state index contributed by atoms with van der Waals surface area (Å²) in [6.07, 6.45) is 7.36. The maximum atomic E-state index is 14.2. The van der Waals surface area contributed by atoms with Crippen molar-refractivity contribution in [3.63, 3.8) is 0 Å². The Morgan fingerprint density at radius 1 is 0.870 bits per heavy atom. The van der Waals surface area contributed by atoms with Gasteiger partial charge in [0.25, 0.3) is 11.8 Å². The van der Waals surface area contributed by atoms with Crippen molar-refractivity contribution in [2.24, 2.45) is 0 Å². The second-order valence-corrected chi connectivity index (χ2v) is 15.0. The van der Waals surface area contributed by atoms with E-state index in [4.69, 9.17) is 0 Å². The topological polar surface area (TPSA) is 124 Å². The maximum Gasteiger partial charge on any atom is 0.272 e. The Morgan fingerprint density at radius 2 is 1.61 bits per heavy atom. The van der Waals surface area contributed by atoms with Crippen LogP contribution in [0.15, 0.2) is 150 Å². The van der Waals surface area contributed by atoms with Gasteiger partial charge in [-0.25, -0.2) is 0 Å². The van der Waals surface area contributed by atoms with Crippen molar-refractivity contribution >= 4 is 57.6 Å². The number of hydrogen-bond donors (Lipinski definition) is 3. The predicted molar refractivity (Wildman–Crippen MR) is 215 cm³/mol. The molecular formula is C44H35N5O3S2. The first kappa shape index (κ1) is 36.1. The molecule has 10 heteroatoms. The number of amides is 3. The molecule has 0 saturated carbocycles. The number of hydrogen-bond acceptors (Lipinski definition) is 7. The standard InChI is InChI=1S/C44H35N5O3S2/c45-27-37-36-22-21-33(30-13-4-1-5-14-30)25-39(36)54-44(37)49-43(52)40(31-15-6-2-7-16-31)53-35-20-10-19-34(26-35)47-42(51)38(24-29-12-11-23-46-28-29)48-41(50)32-17-8-3-9-18-32/h1-20,23-24,26,28,33,40H,21-22,25H2,(H,47,51)(H,48,50)(H,49,52)/b38-24-. The minimum absolute atomic E-state index is 0.0403. The number of nitrogens with one attached hydrogen (secondary N) is 3. The molecule has 2 unspecified atom stereocenters. The lowest BCUT2D eigenvalue weighted by Crippen LogP contribution is -2.30. The molecule has 0 bridgehead atoms. The average molecular weight is 746 g/mol. The van der Waals surface area contributed by atoms with E-state index in [-0.39, 0.29) is 11.6 Å². The van der Waals surface area contributed by atoms with E-state index in [1.807, 2.05) is 48.5 Å². The third kappa shape index (κ3) is 8.67. The number of thiophene rings is 1. The summed E-state index contributed by atoms with van der Waals surface area (Å²) in [7, 11) is 0. The van der Waals surface area contributed by atoms with Crippen molar-refractivity contribution in [2.75, 3.05) is 10.6 Å². The highest BCUT2D eigenvalue weighted by molar-refractivity contribution is 8.00. The molecule has 6 aromatic rings. The zero-order valence-corrected chi connectivity index (χ0v) is 30.7. The number of thioether (sulfide) groups is 1. The molecule has 1 aliphatic rings. The number of fused-ring (bicyclic) bond motifs is 1. The molecule has 1 aliphatic carbocycles. The predicted octanol–water partition coefficient (Wildman–Crippen LogP) is 9.17. The van der Waals surface area contributed by atoms with Crippen molar-refractivity contribution < 1.29 is 14.4 Å². The molecule has 0 fully saturated rings. The lowest BCUT2D eigenvalue weighted by atomic mass is 9.83. The van der Waals surface area contributed by atoms with Gasteiger partial charge in [0.2, 0.25) is 5.91 Å². The van der Waals surface area contributed by atoms with Gasteiger partial charge in [-0.1, -0.05) is 91.0 Å². The fraction of sp³-hybridized carbons (Fsp3) is 0.114. The summed E-state index contributed by atoms with van der Waals surface area (Å²) >= 11 is 2.84. The maximum absolute atomic E-state index is 14.2. The van der Waals surface area contributed by atoms with Crippen molar-refractivity contribution in [3.8, 4) is 6.07 Å². The highest BCUT2D eigenvalue weighted by atomic mass is 32.2. The smallest absolute Gasteiger partial charge is 0.272 e. The minimum Gasteiger partial charge on any atom is -0.321 e. The second kappa shape index (κ2) is 17.0. The van der Waals surface area contributed by atoms with Crippen molar-refractivity contribution in [1.29, 1.82) is 5.26 Å². The number of nitrogens with zero attached hydrogens (tertiary/aromatic N) is 2. The van der Waals surface area contributed by atoms with Crippen LogP contribution in [-0.4, -0.2) is 22.7 Å². The van der Waals surface area contributed by atoms with Gasteiger partial charge in [-0.3, -0.25) is 19.4 Å². The SMILES string of the molecule is N#Cc1c(NC(=O)C(Sc2cccc(NC(=O)/C(=C/c3cccnc3)NC(=O)c3ccccc3)c2)c2ccccc2)sc2c1CCC(c1ccccc1)C2. The van der Waals surface area contributed by atoms with Crippen LogP contribution in [-0.2, 0) is 22.4 Å². The van der Waals surface area contributed by atoms with Gasteiger partial charge in [0.05, 0.1) is 5.56 Å². The molecule has 7 rings (SSSR count). The number of nitriles is 1. The van der Waals surface area contributed by atoms with E-state index in [9.17, 15) is 19.6 Å². The number of carbonyl (C=O) groups excluding carboxylic acids is 3. The monoisotopic (exact) mass is 745 g/mol. The molecule has 8 nitrogen and oxygen atoms in total. The van der Waals surface area contributed by atoms with Gasteiger partial charge in [0, 0.05) is 33.4 Å². The molecule has 3 N–H and O–H groups in total. The average Bonchev–Trinajstić information content (AvgIpc) is 3.57. The third-order valence-corrected chi connectivity index (χ3v) is 11.5. The van der Waals surface area contributed by atoms with Gasteiger partial charge in [0.1, 0.15) is 22.0 Å². The number of benzene rings is 4. The van der Waals surface area contributed by atoms with Crippen molar-refractivity contribution in [1.82, 2.24) is 10.3 Å². The second-order valence-electron chi connectivity index (χ2n) is 12.7. The van der Waals surface area contributed by atoms with Crippen molar-refractivity contribution in [2.45, 2.75) is 35.3 Å².